The number of guanidine groups is 1. The van der Waals surface area contributed by atoms with Crippen LogP contribution in [0.15, 0.2) is 9.52 Å². The van der Waals surface area contributed by atoms with Crippen LogP contribution < -0.4 is 10.6 Å². The summed E-state index contributed by atoms with van der Waals surface area (Å²) in [5.41, 5.74) is 0. The zero-order chi connectivity index (χ0) is 17.2. The van der Waals surface area contributed by atoms with E-state index in [9.17, 15) is 0 Å². The van der Waals surface area contributed by atoms with Gasteiger partial charge in [0.25, 0.3) is 0 Å². The third kappa shape index (κ3) is 6.47. The summed E-state index contributed by atoms with van der Waals surface area (Å²) in [7, 11) is 0. The van der Waals surface area contributed by atoms with Gasteiger partial charge in [-0.15, -0.1) is 0 Å². The van der Waals surface area contributed by atoms with Crippen molar-refractivity contribution in [1.82, 2.24) is 25.7 Å². The molecule has 1 fully saturated rings. The monoisotopic (exact) mass is 336 g/mol. The Kier molecular flexibility index (Phi) is 8.01. The number of aryl methyl sites for hydroxylation is 1. The fraction of sp³-hybridized carbons (Fsp3) is 0.824. The van der Waals surface area contributed by atoms with Gasteiger partial charge in [-0.05, 0) is 46.6 Å². The maximum atomic E-state index is 5.11. The molecule has 1 aromatic heterocycles. The Bertz CT molecular complexity index is 501. The molecule has 0 spiro atoms. The molecule has 1 saturated heterocycles. The van der Waals surface area contributed by atoms with Crippen molar-refractivity contribution in [3.8, 4) is 0 Å². The van der Waals surface area contributed by atoms with Crippen LogP contribution in [0.2, 0.25) is 0 Å². The minimum atomic E-state index is 0.662. The molecule has 0 aliphatic carbocycles. The van der Waals surface area contributed by atoms with E-state index in [1.165, 1.54) is 25.8 Å². The van der Waals surface area contributed by atoms with E-state index in [-0.39, 0.29) is 0 Å². The quantitative estimate of drug-likeness (QED) is 0.428. The van der Waals surface area contributed by atoms with Gasteiger partial charge in [-0.1, -0.05) is 11.6 Å². The summed E-state index contributed by atoms with van der Waals surface area (Å²) in [5, 5.41) is 10.4. The summed E-state index contributed by atoms with van der Waals surface area (Å²) >= 11 is 0. The molecule has 7 heteroatoms. The predicted molar refractivity (Wildman–Crippen MR) is 96.2 cm³/mol. The molecule has 1 aliphatic heterocycles. The molecule has 7 nitrogen and oxygen atoms in total. The normalized spacial score (nSPS) is 19.5. The molecule has 1 aliphatic rings. The molecular formula is C17H32N6O. The van der Waals surface area contributed by atoms with E-state index in [0.717, 1.165) is 44.6 Å². The highest BCUT2D eigenvalue weighted by Gasteiger charge is 2.16. The van der Waals surface area contributed by atoms with E-state index in [4.69, 9.17) is 4.52 Å². The second kappa shape index (κ2) is 10.3. The smallest absolute Gasteiger partial charge is 0.228 e. The lowest BCUT2D eigenvalue weighted by molar-refractivity contribution is 0.160. The molecule has 136 valence electrons. The Morgan fingerprint density at radius 1 is 1.38 bits per heavy atom. The van der Waals surface area contributed by atoms with Gasteiger partial charge >= 0.3 is 0 Å². The van der Waals surface area contributed by atoms with Gasteiger partial charge in [0, 0.05) is 38.6 Å². The minimum absolute atomic E-state index is 0.662. The van der Waals surface area contributed by atoms with Crippen LogP contribution >= 0.6 is 0 Å². The molecule has 24 heavy (non-hydrogen) atoms. The molecule has 2 rings (SSSR count). The van der Waals surface area contributed by atoms with E-state index in [2.05, 4.69) is 44.5 Å². The molecule has 0 saturated carbocycles. The van der Waals surface area contributed by atoms with Crippen molar-refractivity contribution in [2.45, 2.75) is 58.9 Å². The van der Waals surface area contributed by atoms with Gasteiger partial charge in [0.2, 0.25) is 5.89 Å². The number of nitrogens with zero attached hydrogens (tertiary/aromatic N) is 4. The molecule has 1 atom stereocenters. The van der Waals surface area contributed by atoms with Gasteiger partial charge in [0.05, 0.1) is 0 Å². The SMILES string of the molecule is CCNC(=NCCCN1CCCCC1C)NCCc1nc(C)no1. The van der Waals surface area contributed by atoms with Crippen LogP contribution in [0.5, 0.6) is 0 Å². The van der Waals surface area contributed by atoms with Crippen LogP contribution in [0, 0.1) is 6.92 Å². The van der Waals surface area contributed by atoms with Crippen molar-refractivity contribution in [2.24, 2.45) is 4.99 Å². The minimum Gasteiger partial charge on any atom is -0.357 e. The molecule has 0 amide bonds. The first-order chi connectivity index (χ1) is 11.7. The van der Waals surface area contributed by atoms with Crippen LogP contribution in [-0.4, -0.2) is 59.8 Å². The fourth-order valence-electron chi connectivity index (χ4n) is 3.03. The molecule has 0 radical (unpaired) electrons. The lowest BCUT2D eigenvalue weighted by Gasteiger charge is -2.33. The third-order valence-corrected chi connectivity index (χ3v) is 4.36. The van der Waals surface area contributed by atoms with E-state index in [0.29, 0.717) is 18.1 Å². The van der Waals surface area contributed by atoms with Crippen molar-refractivity contribution in [1.29, 1.82) is 0 Å². The Morgan fingerprint density at radius 2 is 2.25 bits per heavy atom. The van der Waals surface area contributed by atoms with E-state index >= 15 is 0 Å². The first-order valence-corrected chi connectivity index (χ1v) is 9.24. The number of aromatic nitrogens is 2. The molecular weight excluding hydrogens is 304 g/mol. The number of hydrogen-bond donors (Lipinski definition) is 2. The van der Waals surface area contributed by atoms with Gasteiger partial charge in [-0.2, -0.15) is 4.98 Å². The summed E-state index contributed by atoms with van der Waals surface area (Å²) < 4.78 is 5.11. The van der Waals surface area contributed by atoms with Crippen molar-refractivity contribution in [3.05, 3.63) is 11.7 Å². The number of aliphatic imine (C=N–C) groups is 1. The van der Waals surface area contributed by atoms with Crippen LogP contribution in [0.1, 0.15) is 51.2 Å². The highest BCUT2D eigenvalue weighted by molar-refractivity contribution is 5.79. The zero-order valence-corrected chi connectivity index (χ0v) is 15.3. The van der Waals surface area contributed by atoms with Crippen LogP contribution in [-0.2, 0) is 6.42 Å². The molecule has 2 N–H and O–H groups in total. The van der Waals surface area contributed by atoms with Crippen molar-refractivity contribution in [3.63, 3.8) is 0 Å². The number of nitrogens with one attached hydrogen (secondary N) is 2. The van der Waals surface area contributed by atoms with Gasteiger partial charge in [0.1, 0.15) is 0 Å². The average Bonchev–Trinajstić information content (AvgIpc) is 2.98. The standard InChI is InChI=1S/C17H32N6O/c1-4-18-17(20-11-9-16-21-15(3)22-24-16)19-10-7-13-23-12-6-5-8-14(23)2/h14H,4-13H2,1-3H3,(H2,18,19,20). The topological polar surface area (TPSA) is 78.6 Å². The predicted octanol–water partition coefficient (Wildman–Crippen LogP) is 1.74. The van der Waals surface area contributed by atoms with Gasteiger partial charge < -0.3 is 20.1 Å². The number of hydrogen-bond acceptors (Lipinski definition) is 5. The van der Waals surface area contributed by atoms with Gasteiger partial charge in [-0.3, -0.25) is 4.99 Å². The summed E-state index contributed by atoms with van der Waals surface area (Å²) in [6.45, 7) is 11.1. The maximum Gasteiger partial charge on any atom is 0.228 e. The first kappa shape index (κ1) is 18.7. The summed E-state index contributed by atoms with van der Waals surface area (Å²) in [5.74, 6) is 2.20. The van der Waals surface area contributed by atoms with Crippen molar-refractivity contribution < 1.29 is 4.52 Å². The van der Waals surface area contributed by atoms with Gasteiger partial charge in [-0.25, -0.2) is 0 Å². The lowest BCUT2D eigenvalue weighted by atomic mass is 10.0. The molecule has 0 aromatic carbocycles. The van der Waals surface area contributed by atoms with E-state index in [1.807, 2.05) is 6.92 Å². The van der Waals surface area contributed by atoms with Crippen molar-refractivity contribution >= 4 is 5.96 Å². The van der Waals surface area contributed by atoms with Gasteiger partial charge in [0.15, 0.2) is 11.8 Å². The maximum absolute atomic E-state index is 5.11. The third-order valence-electron chi connectivity index (χ3n) is 4.36. The summed E-state index contributed by atoms with van der Waals surface area (Å²) in [6.07, 6.45) is 5.86. The lowest BCUT2D eigenvalue weighted by Crippen LogP contribution is -2.39. The van der Waals surface area contributed by atoms with Crippen LogP contribution in [0.4, 0.5) is 0 Å². The van der Waals surface area contributed by atoms with E-state index < -0.39 is 0 Å². The highest BCUT2D eigenvalue weighted by atomic mass is 16.5. The van der Waals surface area contributed by atoms with Crippen LogP contribution in [0.3, 0.4) is 0 Å². The Morgan fingerprint density at radius 3 is 2.96 bits per heavy atom. The largest absolute Gasteiger partial charge is 0.357 e. The zero-order valence-electron chi connectivity index (χ0n) is 15.3. The van der Waals surface area contributed by atoms with Crippen molar-refractivity contribution in [2.75, 3.05) is 32.7 Å². The Hall–Kier alpha value is -1.63. The first-order valence-electron chi connectivity index (χ1n) is 9.24. The molecule has 1 aromatic rings. The molecule has 1 unspecified atom stereocenters. The fourth-order valence-corrected chi connectivity index (χ4v) is 3.03. The van der Waals surface area contributed by atoms with E-state index in [1.54, 1.807) is 0 Å². The Labute approximate surface area is 145 Å². The summed E-state index contributed by atoms with van der Waals surface area (Å²) in [4.78, 5) is 11.5. The Balaban J connectivity index is 1.67. The molecule has 0 bridgehead atoms. The molecule has 2 heterocycles. The van der Waals surface area contributed by atoms with Crippen LogP contribution in [0.25, 0.3) is 0 Å². The highest BCUT2D eigenvalue weighted by Crippen LogP contribution is 2.16. The second-order valence-corrected chi connectivity index (χ2v) is 6.41. The number of rotatable bonds is 8. The summed E-state index contributed by atoms with van der Waals surface area (Å²) in [6, 6.07) is 0.729. The second-order valence-electron chi connectivity index (χ2n) is 6.41. The number of piperidine rings is 1. The number of likely N-dealkylation sites (tertiary alicyclic amines) is 1. The average molecular weight is 336 g/mol.